The van der Waals surface area contributed by atoms with E-state index in [4.69, 9.17) is 5.73 Å². The van der Waals surface area contributed by atoms with Gasteiger partial charge in [-0.05, 0) is 12.8 Å². The maximum atomic E-state index is 11.9. The van der Waals surface area contributed by atoms with Crippen molar-refractivity contribution in [3.05, 3.63) is 0 Å². The third-order valence-electron chi connectivity index (χ3n) is 2.31. The topological polar surface area (TPSA) is 55.1 Å². The van der Waals surface area contributed by atoms with Gasteiger partial charge in [0.1, 0.15) is 0 Å². The highest BCUT2D eigenvalue weighted by atomic mass is 19.4. The van der Waals surface area contributed by atoms with Crippen molar-refractivity contribution in [2.24, 2.45) is 5.73 Å². The van der Waals surface area contributed by atoms with E-state index >= 15 is 0 Å². The van der Waals surface area contributed by atoms with Crippen LogP contribution in [0.2, 0.25) is 0 Å². The molecule has 0 saturated heterocycles. The largest absolute Gasteiger partial charge is 0.401 e. The molecule has 0 aliphatic heterocycles. The van der Waals surface area contributed by atoms with E-state index in [9.17, 15) is 18.0 Å². The van der Waals surface area contributed by atoms with Gasteiger partial charge in [-0.2, -0.15) is 13.2 Å². The molecule has 0 aromatic heterocycles. The Morgan fingerprint density at radius 1 is 1.29 bits per heavy atom. The highest BCUT2D eigenvalue weighted by Crippen LogP contribution is 2.19. The molecule has 0 radical (unpaired) electrons. The van der Waals surface area contributed by atoms with Gasteiger partial charge >= 0.3 is 6.18 Å². The predicted molar refractivity (Wildman–Crippen MR) is 46.6 cm³/mol. The van der Waals surface area contributed by atoms with E-state index in [1.54, 1.807) is 13.8 Å². The molecule has 0 heterocycles. The molecule has 0 aliphatic carbocycles. The van der Waals surface area contributed by atoms with Crippen LogP contribution in [0, 0.1) is 0 Å². The summed E-state index contributed by atoms with van der Waals surface area (Å²) in [6.07, 6.45) is -3.84. The van der Waals surface area contributed by atoms with Crippen LogP contribution in [-0.4, -0.2) is 24.2 Å². The number of nitrogens with one attached hydrogen (secondary N) is 1. The number of hydrogen-bond donors (Lipinski definition) is 2. The average Bonchev–Trinajstić information content (AvgIpc) is 2.04. The molecule has 6 heteroatoms. The van der Waals surface area contributed by atoms with Crippen LogP contribution in [0.3, 0.4) is 0 Å². The number of nitrogens with two attached hydrogens (primary N) is 1. The lowest BCUT2D eigenvalue weighted by Crippen LogP contribution is -2.56. The number of rotatable bonds is 5. The minimum absolute atomic E-state index is 0.245. The summed E-state index contributed by atoms with van der Waals surface area (Å²) in [4.78, 5) is 11.0. The number of halogens is 3. The molecule has 0 saturated carbocycles. The second kappa shape index (κ2) is 4.63. The molecule has 0 aliphatic rings. The van der Waals surface area contributed by atoms with Gasteiger partial charge in [0, 0.05) is 0 Å². The van der Waals surface area contributed by atoms with Crippen molar-refractivity contribution in [3.8, 4) is 0 Å². The van der Waals surface area contributed by atoms with E-state index in [0.29, 0.717) is 0 Å². The first-order chi connectivity index (χ1) is 6.27. The quantitative estimate of drug-likeness (QED) is 0.719. The number of hydrogen-bond acceptors (Lipinski definition) is 2. The molecule has 84 valence electrons. The molecular formula is C8H15F3N2O. The summed E-state index contributed by atoms with van der Waals surface area (Å²) in [6, 6.07) is 0. The minimum Gasteiger partial charge on any atom is -0.368 e. The fourth-order valence-electron chi connectivity index (χ4n) is 1.20. The first kappa shape index (κ1) is 13.2. The second-order valence-electron chi connectivity index (χ2n) is 3.12. The Morgan fingerprint density at radius 2 is 1.71 bits per heavy atom. The first-order valence-electron chi connectivity index (χ1n) is 4.39. The molecule has 1 amide bonds. The number of amides is 1. The van der Waals surface area contributed by atoms with Crippen LogP contribution < -0.4 is 11.1 Å². The van der Waals surface area contributed by atoms with Gasteiger partial charge in [0.15, 0.2) is 0 Å². The Labute approximate surface area is 80.8 Å². The highest BCUT2D eigenvalue weighted by molar-refractivity contribution is 5.84. The van der Waals surface area contributed by atoms with Gasteiger partial charge in [-0.25, -0.2) is 0 Å². The van der Waals surface area contributed by atoms with Crippen LogP contribution in [0.4, 0.5) is 13.2 Å². The number of carbonyl (C=O) groups is 1. The zero-order chi connectivity index (χ0) is 11.4. The monoisotopic (exact) mass is 212 g/mol. The lowest BCUT2D eigenvalue weighted by atomic mass is 9.92. The van der Waals surface area contributed by atoms with Gasteiger partial charge in [0.2, 0.25) is 5.91 Å². The predicted octanol–water partition coefficient (Wildman–Crippen LogP) is 1.18. The Balaban J connectivity index is 4.45. The van der Waals surface area contributed by atoms with E-state index in [0.717, 1.165) is 0 Å². The summed E-state index contributed by atoms with van der Waals surface area (Å²) in [5.74, 6) is -0.744. The maximum absolute atomic E-state index is 11.9. The Kier molecular flexibility index (Phi) is 4.38. The zero-order valence-corrected chi connectivity index (χ0v) is 8.24. The van der Waals surface area contributed by atoms with E-state index in [-0.39, 0.29) is 12.8 Å². The van der Waals surface area contributed by atoms with Crippen molar-refractivity contribution in [1.29, 1.82) is 0 Å². The van der Waals surface area contributed by atoms with Crippen LogP contribution in [0.15, 0.2) is 0 Å². The molecule has 0 spiro atoms. The van der Waals surface area contributed by atoms with Gasteiger partial charge in [0.25, 0.3) is 0 Å². The Hall–Kier alpha value is -0.780. The van der Waals surface area contributed by atoms with Crippen LogP contribution in [0.1, 0.15) is 26.7 Å². The third kappa shape index (κ3) is 3.53. The molecule has 0 aromatic carbocycles. The summed E-state index contributed by atoms with van der Waals surface area (Å²) < 4.78 is 35.7. The summed E-state index contributed by atoms with van der Waals surface area (Å²) in [5, 5.41) is 2.17. The maximum Gasteiger partial charge on any atom is 0.401 e. The van der Waals surface area contributed by atoms with E-state index in [2.05, 4.69) is 5.32 Å². The lowest BCUT2D eigenvalue weighted by molar-refractivity contribution is -0.136. The van der Waals surface area contributed by atoms with E-state index in [1.807, 2.05) is 0 Å². The molecule has 0 atom stereocenters. The molecule has 0 fully saturated rings. The van der Waals surface area contributed by atoms with Gasteiger partial charge in [-0.1, -0.05) is 13.8 Å². The lowest BCUT2D eigenvalue weighted by Gasteiger charge is -2.29. The van der Waals surface area contributed by atoms with Crippen molar-refractivity contribution in [2.75, 3.05) is 6.54 Å². The van der Waals surface area contributed by atoms with Crippen molar-refractivity contribution in [1.82, 2.24) is 5.32 Å². The van der Waals surface area contributed by atoms with Gasteiger partial charge in [-0.15, -0.1) is 0 Å². The fraction of sp³-hybridized carbons (Fsp3) is 0.875. The van der Waals surface area contributed by atoms with Gasteiger partial charge in [0.05, 0.1) is 12.1 Å². The average molecular weight is 212 g/mol. The molecule has 3 nitrogen and oxygen atoms in total. The Morgan fingerprint density at radius 3 is 1.93 bits per heavy atom. The molecule has 3 N–H and O–H groups in total. The first-order valence-corrected chi connectivity index (χ1v) is 4.39. The van der Waals surface area contributed by atoms with Crippen LogP contribution in [0.5, 0.6) is 0 Å². The Bertz CT molecular complexity index is 199. The highest BCUT2D eigenvalue weighted by Gasteiger charge is 2.37. The van der Waals surface area contributed by atoms with E-state index < -0.39 is 24.2 Å². The standard InChI is InChI=1S/C8H15F3N2O/c1-3-7(4-2,6(12)14)13-5-8(9,10)11/h13H,3-5H2,1-2H3,(H2,12,14). The molecule has 0 aromatic rings. The smallest absolute Gasteiger partial charge is 0.368 e. The normalized spacial score (nSPS) is 12.9. The van der Waals surface area contributed by atoms with Crippen molar-refractivity contribution < 1.29 is 18.0 Å². The van der Waals surface area contributed by atoms with Gasteiger partial charge in [-0.3, -0.25) is 10.1 Å². The molecule has 0 bridgehead atoms. The summed E-state index contributed by atoms with van der Waals surface area (Å²) in [7, 11) is 0. The summed E-state index contributed by atoms with van der Waals surface area (Å²) in [5.41, 5.74) is 3.81. The van der Waals surface area contributed by atoms with Crippen LogP contribution in [-0.2, 0) is 4.79 Å². The molecular weight excluding hydrogens is 197 g/mol. The summed E-state index contributed by atoms with van der Waals surface area (Å²) >= 11 is 0. The number of alkyl halides is 3. The summed E-state index contributed by atoms with van der Waals surface area (Å²) in [6.45, 7) is 2.05. The fourth-order valence-corrected chi connectivity index (χ4v) is 1.20. The van der Waals surface area contributed by atoms with Crippen molar-refractivity contribution >= 4 is 5.91 Å². The van der Waals surface area contributed by atoms with Gasteiger partial charge < -0.3 is 5.73 Å². The number of primary amides is 1. The van der Waals surface area contributed by atoms with Crippen molar-refractivity contribution in [3.63, 3.8) is 0 Å². The SMILES string of the molecule is CCC(CC)(NCC(F)(F)F)C(N)=O. The van der Waals surface area contributed by atoms with Crippen LogP contribution in [0.25, 0.3) is 0 Å². The second-order valence-corrected chi connectivity index (χ2v) is 3.12. The molecule has 14 heavy (non-hydrogen) atoms. The van der Waals surface area contributed by atoms with Crippen LogP contribution >= 0.6 is 0 Å². The molecule has 0 unspecified atom stereocenters. The number of carbonyl (C=O) groups excluding carboxylic acids is 1. The third-order valence-corrected chi connectivity index (χ3v) is 2.31. The van der Waals surface area contributed by atoms with Crippen molar-refractivity contribution in [2.45, 2.75) is 38.4 Å². The minimum atomic E-state index is -4.33. The molecule has 0 rings (SSSR count). The zero-order valence-electron chi connectivity index (χ0n) is 8.24. The van der Waals surface area contributed by atoms with E-state index in [1.165, 1.54) is 0 Å².